The largest absolute Gasteiger partial charge is 0.380 e. The SMILES string of the molecule is O=C(S)C=C1NCCCS1. The van der Waals surface area contributed by atoms with Gasteiger partial charge in [0.25, 0.3) is 0 Å². The van der Waals surface area contributed by atoms with E-state index in [1.165, 1.54) is 12.5 Å². The minimum atomic E-state index is -0.183. The Kier molecular flexibility index (Phi) is 3.15. The normalized spacial score (nSPS) is 22.3. The molecule has 0 unspecified atom stereocenters. The molecular weight excluding hydrogens is 166 g/mol. The maximum Gasteiger partial charge on any atom is 0.211 e. The molecule has 4 heteroatoms. The highest BCUT2D eigenvalue weighted by Gasteiger charge is 2.04. The van der Waals surface area contributed by atoms with Crippen molar-refractivity contribution in [2.45, 2.75) is 6.42 Å². The number of carbonyl (C=O) groups is 1. The first-order valence-corrected chi connectivity index (χ1v) is 4.53. The molecule has 0 atom stereocenters. The number of hydrogen-bond donors (Lipinski definition) is 2. The van der Waals surface area contributed by atoms with Crippen LogP contribution in [0.25, 0.3) is 0 Å². The molecule has 1 fully saturated rings. The molecule has 0 aliphatic carbocycles. The molecule has 0 amide bonds. The van der Waals surface area contributed by atoms with Gasteiger partial charge in [-0.15, -0.1) is 24.4 Å². The second kappa shape index (κ2) is 3.93. The van der Waals surface area contributed by atoms with Gasteiger partial charge in [0, 0.05) is 18.4 Å². The molecule has 2 nitrogen and oxygen atoms in total. The topological polar surface area (TPSA) is 29.1 Å². The number of carbonyl (C=O) groups excluding carboxylic acids is 1. The summed E-state index contributed by atoms with van der Waals surface area (Å²) in [7, 11) is 0. The predicted octanol–water partition coefficient (Wildman–Crippen LogP) is 1.01. The van der Waals surface area contributed by atoms with E-state index in [2.05, 4.69) is 17.9 Å². The van der Waals surface area contributed by atoms with E-state index in [0.29, 0.717) is 0 Å². The zero-order chi connectivity index (χ0) is 7.40. The molecule has 0 spiro atoms. The minimum absolute atomic E-state index is 0.183. The Bertz CT molecular complexity index is 159. The van der Waals surface area contributed by atoms with Gasteiger partial charge in [-0.25, -0.2) is 0 Å². The van der Waals surface area contributed by atoms with Crippen LogP contribution in [0.2, 0.25) is 0 Å². The molecule has 0 aromatic carbocycles. The van der Waals surface area contributed by atoms with E-state index < -0.39 is 0 Å². The van der Waals surface area contributed by atoms with Crippen molar-refractivity contribution in [1.82, 2.24) is 5.32 Å². The summed E-state index contributed by atoms with van der Waals surface area (Å²) < 4.78 is 0. The summed E-state index contributed by atoms with van der Waals surface area (Å²) in [5, 5.41) is 3.87. The highest BCUT2D eigenvalue weighted by Crippen LogP contribution is 2.17. The third-order valence-corrected chi connectivity index (χ3v) is 2.33. The van der Waals surface area contributed by atoms with Crippen molar-refractivity contribution in [3.63, 3.8) is 0 Å². The second-order valence-electron chi connectivity index (χ2n) is 1.98. The van der Waals surface area contributed by atoms with Crippen LogP contribution in [0.5, 0.6) is 0 Å². The van der Waals surface area contributed by atoms with Crippen LogP contribution in [0.1, 0.15) is 6.42 Å². The van der Waals surface area contributed by atoms with Crippen molar-refractivity contribution in [3.8, 4) is 0 Å². The molecule has 1 heterocycles. The molecule has 1 aliphatic heterocycles. The maximum atomic E-state index is 10.4. The van der Waals surface area contributed by atoms with E-state index in [4.69, 9.17) is 0 Å². The second-order valence-corrected chi connectivity index (χ2v) is 3.55. The third kappa shape index (κ3) is 2.66. The molecule has 0 radical (unpaired) electrons. The molecule has 0 bridgehead atoms. The Morgan fingerprint density at radius 3 is 3.10 bits per heavy atom. The molecule has 1 saturated heterocycles. The Morgan fingerprint density at radius 2 is 2.60 bits per heavy atom. The molecule has 1 aliphatic rings. The number of nitrogens with one attached hydrogen (secondary N) is 1. The minimum Gasteiger partial charge on any atom is -0.380 e. The Labute approximate surface area is 69.9 Å². The first kappa shape index (κ1) is 8.01. The molecule has 1 rings (SSSR count). The van der Waals surface area contributed by atoms with Gasteiger partial charge in [-0.2, -0.15) is 0 Å². The lowest BCUT2D eigenvalue weighted by molar-refractivity contribution is -0.106. The van der Waals surface area contributed by atoms with Crippen LogP contribution in [-0.4, -0.2) is 17.4 Å². The van der Waals surface area contributed by atoms with Crippen LogP contribution in [0.4, 0.5) is 0 Å². The van der Waals surface area contributed by atoms with E-state index >= 15 is 0 Å². The quantitative estimate of drug-likeness (QED) is 0.460. The fraction of sp³-hybridized carbons (Fsp3) is 0.500. The molecule has 1 N–H and O–H groups in total. The van der Waals surface area contributed by atoms with E-state index in [1.807, 2.05) is 0 Å². The summed E-state index contributed by atoms with van der Waals surface area (Å²) in [6, 6.07) is 0. The van der Waals surface area contributed by atoms with E-state index in [9.17, 15) is 4.79 Å². The van der Waals surface area contributed by atoms with Crippen LogP contribution >= 0.6 is 24.4 Å². The highest BCUT2D eigenvalue weighted by atomic mass is 32.2. The lowest BCUT2D eigenvalue weighted by Gasteiger charge is -2.14. The lowest BCUT2D eigenvalue weighted by Crippen LogP contribution is -2.19. The molecule has 56 valence electrons. The highest BCUT2D eigenvalue weighted by molar-refractivity contribution is 8.03. The average Bonchev–Trinajstić information content (AvgIpc) is 1.88. The van der Waals surface area contributed by atoms with E-state index in [-0.39, 0.29) is 5.12 Å². The van der Waals surface area contributed by atoms with Crippen molar-refractivity contribution >= 4 is 29.5 Å². The van der Waals surface area contributed by atoms with E-state index in [1.54, 1.807) is 11.8 Å². The third-order valence-electron chi connectivity index (χ3n) is 1.13. The molecule has 0 aromatic rings. The number of thioether (sulfide) groups is 1. The van der Waals surface area contributed by atoms with Crippen LogP contribution in [0.15, 0.2) is 11.1 Å². The number of hydrogen-bond acceptors (Lipinski definition) is 3. The molecule has 0 saturated carbocycles. The van der Waals surface area contributed by atoms with E-state index in [0.717, 1.165) is 17.3 Å². The van der Waals surface area contributed by atoms with Crippen molar-refractivity contribution in [2.24, 2.45) is 0 Å². The summed E-state index contributed by atoms with van der Waals surface area (Å²) in [4.78, 5) is 10.4. The summed E-state index contributed by atoms with van der Waals surface area (Å²) >= 11 is 5.31. The monoisotopic (exact) mass is 175 g/mol. The van der Waals surface area contributed by atoms with Crippen LogP contribution in [0.3, 0.4) is 0 Å². The fourth-order valence-corrected chi connectivity index (χ4v) is 1.84. The molecule has 0 aromatic heterocycles. The van der Waals surface area contributed by atoms with Gasteiger partial charge < -0.3 is 5.32 Å². The molecule has 10 heavy (non-hydrogen) atoms. The van der Waals surface area contributed by atoms with Gasteiger partial charge in [0.2, 0.25) is 5.12 Å². The smallest absolute Gasteiger partial charge is 0.211 e. The summed E-state index contributed by atoms with van der Waals surface area (Å²) in [5.41, 5.74) is 0. The first-order chi connectivity index (χ1) is 4.79. The first-order valence-electron chi connectivity index (χ1n) is 3.10. The van der Waals surface area contributed by atoms with Gasteiger partial charge in [0.1, 0.15) is 0 Å². The summed E-state index contributed by atoms with van der Waals surface area (Å²) in [6.45, 7) is 0.972. The Balaban J connectivity index is 2.45. The van der Waals surface area contributed by atoms with Gasteiger partial charge >= 0.3 is 0 Å². The summed E-state index contributed by atoms with van der Waals surface area (Å²) in [6.07, 6.45) is 2.69. The van der Waals surface area contributed by atoms with Gasteiger partial charge in [0.05, 0.1) is 5.03 Å². The average molecular weight is 175 g/mol. The lowest BCUT2D eigenvalue weighted by atomic mass is 10.5. The van der Waals surface area contributed by atoms with Gasteiger partial charge in [-0.3, -0.25) is 4.79 Å². The Hall–Kier alpha value is -0.0900. The van der Waals surface area contributed by atoms with Crippen LogP contribution < -0.4 is 5.32 Å². The zero-order valence-corrected chi connectivity index (χ0v) is 7.17. The Morgan fingerprint density at radius 1 is 1.80 bits per heavy atom. The molecular formula is C6H9NOS2. The van der Waals surface area contributed by atoms with Gasteiger partial charge in [-0.1, -0.05) is 0 Å². The van der Waals surface area contributed by atoms with Gasteiger partial charge in [-0.05, 0) is 6.42 Å². The zero-order valence-electron chi connectivity index (χ0n) is 5.46. The number of rotatable bonds is 1. The predicted molar refractivity (Wildman–Crippen MR) is 47.2 cm³/mol. The number of thiol groups is 1. The standard InChI is InChI=1S/C6H9NOS2/c8-6(9)4-5-7-2-1-3-10-5/h4,7H,1-3H2,(H,8,9). The maximum absolute atomic E-state index is 10.4. The van der Waals surface area contributed by atoms with Crippen molar-refractivity contribution in [1.29, 1.82) is 0 Å². The summed E-state index contributed by atoms with van der Waals surface area (Å²) in [5.74, 6) is 1.10. The van der Waals surface area contributed by atoms with Gasteiger partial charge in [0.15, 0.2) is 0 Å². The van der Waals surface area contributed by atoms with Crippen molar-refractivity contribution in [2.75, 3.05) is 12.3 Å². The van der Waals surface area contributed by atoms with Crippen molar-refractivity contribution < 1.29 is 4.79 Å². The fourth-order valence-electron chi connectivity index (χ4n) is 0.722. The van der Waals surface area contributed by atoms with Crippen LogP contribution in [0, 0.1) is 0 Å². The van der Waals surface area contributed by atoms with Crippen LogP contribution in [-0.2, 0) is 4.79 Å². The van der Waals surface area contributed by atoms with Crippen molar-refractivity contribution in [3.05, 3.63) is 11.1 Å².